The lowest BCUT2D eigenvalue weighted by molar-refractivity contribution is -0.120. The lowest BCUT2D eigenvalue weighted by Gasteiger charge is -2.29. The van der Waals surface area contributed by atoms with E-state index in [1.54, 1.807) is 0 Å². The monoisotopic (exact) mass is 429 g/mol. The van der Waals surface area contributed by atoms with Crippen molar-refractivity contribution in [3.05, 3.63) is 17.7 Å². The van der Waals surface area contributed by atoms with E-state index < -0.39 is 0 Å². The highest BCUT2D eigenvalue weighted by Gasteiger charge is 2.32. The molecule has 2 aliphatic carbocycles. The summed E-state index contributed by atoms with van der Waals surface area (Å²) in [5.41, 5.74) is 3.41. The number of ether oxygens (including phenoxy) is 3. The molecule has 7 nitrogen and oxygen atoms in total. The molecule has 1 N–H and O–H groups in total. The molecule has 2 aromatic rings. The van der Waals surface area contributed by atoms with Gasteiger partial charge in [-0.05, 0) is 70.4 Å². The number of aromatic nitrogens is 2. The zero-order valence-electron chi connectivity index (χ0n) is 19.1. The average Bonchev–Trinajstić information content (AvgIpc) is 3.53. The summed E-state index contributed by atoms with van der Waals surface area (Å²) < 4.78 is 20.4. The fourth-order valence-electron chi connectivity index (χ4n) is 4.58. The lowest BCUT2D eigenvalue weighted by Crippen LogP contribution is -2.37. The van der Waals surface area contributed by atoms with Gasteiger partial charge >= 0.3 is 0 Å². The summed E-state index contributed by atoms with van der Waals surface area (Å²) in [5.74, 6) is 1.54. The molecule has 0 unspecified atom stereocenters. The Kier molecular flexibility index (Phi) is 6.70. The first-order valence-electron chi connectivity index (χ1n) is 11.6. The van der Waals surface area contributed by atoms with Gasteiger partial charge in [-0.2, -0.15) is 4.98 Å². The summed E-state index contributed by atoms with van der Waals surface area (Å²) in [6.07, 6.45) is 6.62. The van der Waals surface area contributed by atoms with Gasteiger partial charge in [-0.15, -0.1) is 0 Å². The zero-order chi connectivity index (χ0) is 22.0. The fraction of sp³-hybridized carbons (Fsp3) is 0.667. The minimum absolute atomic E-state index is 0.0196. The first-order valence-corrected chi connectivity index (χ1v) is 11.6. The molecule has 1 atom stereocenters. The van der Waals surface area contributed by atoms with E-state index in [1.165, 1.54) is 25.3 Å². The molecule has 4 rings (SSSR count). The van der Waals surface area contributed by atoms with Crippen LogP contribution in [0.2, 0.25) is 0 Å². The molecule has 0 spiro atoms. The molecule has 1 amide bonds. The molecular weight excluding hydrogens is 394 g/mol. The molecule has 2 saturated carbocycles. The summed E-state index contributed by atoms with van der Waals surface area (Å²) >= 11 is 0. The Labute approximate surface area is 184 Å². The summed E-state index contributed by atoms with van der Waals surface area (Å²) in [7, 11) is 2.05. The van der Waals surface area contributed by atoms with Crippen molar-refractivity contribution in [2.24, 2.45) is 7.05 Å². The Morgan fingerprint density at radius 3 is 2.55 bits per heavy atom. The second-order valence-electron chi connectivity index (χ2n) is 8.96. The van der Waals surface area contributed by atoms with Crippen LogP contribution in [0.25, 0.3) is 11.0 Å². The number of rotatable bonds is 9. The van der Waals surface area contributed by atoms with E-state index in [0.29, 0.717) is 25.1 Å². The fourth-order valence-corrected chi connectivity index (χ4v) is 4.58. The summed E-state index contributed by atoms with van der Waals surface area (Å²) in [6.45, 7) is 6.74. The molecule has 0 radical (unpaired) electrons. The van der Waals surface area contributed by atoms with Crippen LogP contribution >= 0.6 is 0 Å². The first kappa shape index (κ1) is 21.9. The number of nitrogens with zero attached hydrogens (tertiary/aromatic N) is 2. The van der Waals surface area contributed by atoms with Crippen LogP contribution in [0.15, 0.2) is 12.1 Å². The Balaban J connectivity index is 1.38. The highest BCUT2D eigenvalue weighted by molar-refractivity contribution is 5.84. The van der Waals surface area contributed by atoms with Crippen LogP contribution in [0, 0.1) is 0 Å². The van der Waals surface area contributed by atoms with E-state index in [9.17, 15) is 4.79 Å². The summed E-state index contributed by atoms with van der Waals surface area (Å²) in [4.78, 5) is 15.9. The van der Waals surface area contributed by atoms with Crippen LogP contribution in [0.4, 0.5) is 0 Å². The van der Waals surface area contributed by atoms with Crippen LogP contribution in [0.3, 0.4) is 0 Å². The van der Waals surface area contributed by atoms with Gasteiger partial charge in [0.25, 0.3) is 6.01 Å². The Morgan fingerprint density at radius 1 is 1.19 bits per heavy atom. The predicted molar refractivity (Wildman–Crippen MR) is 120 cm³/mol. The third-order valence-corrected chi connectivity index (χ3v) is 6.20. The molecule has 7 heteroatoms. The number of fused-ring (bicyclic) bond motifs is 1. The first-order chi connectivity index (χ1) is 15.0. The van der Waals surface area contributed by atoms with E-state index >= 15 is 0 Å². The number of hydrogen-bond acceptors (Lipinski definition) is 5. The maximum absolute atomic E-state index is 11.1. The Bertz CT molecular complexity index is 913. The minimum atomic E-state index is -0.0196. The Morgan fingerprint density at radius 2 is 1.90 bits per heavy atom. The predicted octanol–water partition coefficient (Wildman–Crippen LogP) is 4.08. The van der Waals surface area contributed by atoms with Gasteiger partial charge in [-0.3, -0.25) is 9.36 Å². The molecule has 1 aromatic heterocycles. The topological polar surface area (TPSA) is 74.6 Å². The van der Waals surface area contributed by atoms with Crippen molar-refractivity contribution in [2.75, 3.05) is 13.2 Å². The third kappa shape index (κ3) is 5.14. The van der Waals surface area contributed by atoms with Gasteiger partial charge in [-0.25, -0.2) is 0 Å². The van der Waals surface area contributed by atoms with Crippen molar-refractivity contribution in [3.8, 4) is 11.8 Å². The van der Waals surface area contributed by atoms with Gasteiger partial charge in [0, 0.05) is 25.6 Å². The highest BCUT2D eigenvalue weighted by Crippen LogP contribution is 2.48. The van der Waals surface area contributed by atoms with Crippen LogP contribution in [0.1, 0.15) is 70.8 Å². The average molecular weight is 430 g/mol. The van der Waals surface area contributed by atoms with Gasteiger partial charge < -0.3 is 19.5 Å². The van der Waals surface area contributed by atoms with Crippen molar-refractivity contribution in [3.63, 3.8) is 0 Å². The standard InChI is InChI=1S/C24H35N3O4/c1-5-29-21-13-12-20-23(22(21)17-6-7-17)27(4)24(26-20)31-19-10-8-18(9-11-19)30-14-15(2)25-16(3)28/h12-13,15,17-19H,5-11,14H2,1-4H3,(H,25,28)/t15-,18?,19?/m0/s1. The van der Waals surface area contributed by atoms with Gasteiger partial charge in [0.1, 0.15) is 11.9 Å². The number of carbonyl (C=O) groups excluding carboxylic acids is 1. The van der Waals surface area contributed by atoms with Gasteiger partial charge in [-0.1, -0.05) is 0 Å². The minimum Gasteiger partial charge on any atom is -0.494 e. The van der Waals surface area contributed by atoms with E-state index in [2.05, 4.69) is 16.0 Å². The molecule has 2 aliphatic rings. The number of aryl methyl sites for hydroxylation is 1. The second kappa shape index (κ2) is 9.47. The van der Waals surface area contributed by atoms with Gasteiger partial charge in [0.05, 0.1) is 30.4 Å². The third-order valence-electron chi connectivity index (χ3n) is 6.20. The van der Waals surface area contributed by atoms with Crippen LogP contribution in [-0.2, 0) is 16.6 Å². The van der Waals surface area contributed by atoms with Crippen molar-refractivity contribution in [1.29, 1.82) is 0 Å². The molecule has 1 aromatic carbocycles. The van der Waals surface area contributed by atoms with E-state index in [4.69, 9.17) is 19.2 Å². The van der Waals surface area contributed by atoms with Gasteiger partial charge in [0.15, 0.2) is 0 Å². The second-order valence-corrected chi connectivity index (χ2v) is 8.96. The van der Waals surface area contributed by atoms with Gasteiger partial charge in [0.2, 0.25) is 5.91 Å². The number of imidazole rings is 1. The maximum atomic E-state index is 11.1. The molecular formula is C24H35N3O4. The van der Waals surface area contributed by atoms with E-state index in [0.717, 1.165) is 42.5 Å². The quantitative estimate of drug-likeness (QED) is 0.650. The highest BCUT2D eigenvalue weighted by atomic mass is 16.5. The van der Waals surface area contributed by atoms with Crippen molar-refractivity contribution >= 4 is 16.9 Å². The number of benzene rings is 1. The number of nitrogens with one attached hydrogen (secondary N) is 1. The molecule has 1 heterocycles. The summed E-state index contributed by atoms with van der Waals surface area (Å²) in [5, 5.41) is 2.86. The smallest absolute Gasteiger partial charge is 0.297 e. The lowest BCUT2D eigenvalue weighted by atomic mass is 9.95. The molecule has 0 bridgehead atoms. The van der Waals surface area contributed by atoms with Crippen LogP contribution in [0.5, 0.6) is 11.8 Å². The van der Waals surface area contributed by atoms with E-state index in [1.807, 2.05) is 27.0 Å². The van der Waals surface area contributed by atoms with Crippen molar-refractivity contribution in [1.82, 2.24) is 14.9 Å². The normalized spacial score (nSPS) is 22.3. The Hall–Kier alpha value is -2.28. The van der Waals surface area contributed by atoms with Crippen molar-refractivity contribution in [2.45, 2.75) is 83.5 Å². The number of amides is 1. The molecule has 0 aliphatic heterocycles. The molecule has 31 heavy (non-hydrogen) atoms. The SMILES string of the molecule is CCOc1ccc2nc(OC3CCC(OC[C@H](C)NC(C)=O)CC3)n(C)c2c1C1CC1. The van der Waals surface area contributed by atoms with Crippen LogP contribution in [-0.4, -0.2) is 46.9 Å². The largest absolute Gasteiger partial charge is 0.494 e. The number of hydrogen-bond donors (Lipinski definition) is 1. The molecule has 2 fully saturated rings. The zero-order valence-corrected chi connectivity index (χ0v) is 19.1. The molecule has 0 saturated heterocycles. The molecule has 170 valence electrons. The van der Waals surface area contributed by atoms with Crippen molar-refractivity contribution < 1.29 is 19.0 Å². The van der Waals surface area contributed by atoms with Crippen LogP contribution < -0.4 is 14.8 Å². The summed E-state index contributed by atoms with van der Waals surface area (Å²) in [6, 6.07) is 4.82. The van der Waals surface area contributed by atoms with E-state index in [-0.39, 0.29) is 24.2 Å². The maximum Gasteiger partial charge on any atom is 0.297 e. The number of carbonyl (C=O) groups is 1.